The van der Waals surface area contributed by atoms with Crippen LogP contribution in [-0.4, -0.2) is 51.5 Å². The van der Waals surface area contributed by atoms with E-state index in [4.69, 9.17) is 23.9 Å². The first-order valence-electron chi connectivity index (χ1n) is 9.93. The molecule has 4 aromatic rings. The Bertz CT molecular complexity index is 1280. The van der Waals surface area contributed by atoms with Crippen LogP contribution >= 0.6 is 0 Å². The number of aromatic nitrogens is 1. The monoisotopic (exact) mass is 404 g/mol. The molecule has 0 spiro atoms. The Hall–Kier alpha value is -3.25. The average molecular weight is 404 g/mol. The zero-order valence-corrected chi connectivity index (χ0v) is 17.6. The SMILES string of the molecule is COc1cc2c(CCN(C)C)cc3c4cc5c(cc4ncc3c2cc1OC)OCO5. The lowest BCUT2D eigenvalue weighted by Gasteiger charge is -2.17. The Balaban J connectivity index is 1.86. The van der Waals surface area contributed by atoms with E-state index in [0.29, 0.717) is 5.75 Å². The van der Waals surface area contributed by atoms with Gasteiger partial charge in [0.15, 0.2) is 23.0 Å². The van der Waals surface area contributed by atoms with Gasteiger partial charge in [-0.05, 0) is 66.5 Å². The second-order valence-corrected chi connectivity index (χ2v) is 7.78. The number of benzene rings is 3. The van der Waals surface area contributed by atoms with Crippen molar-refractivity contribution in [2.45, 2.75) is 6.42 Å². The van der Waals surface area contributed by atoms with Gasteiger partial charge >= 0.3 is 0 Å². The lowest BCUT2D eigenvalue weighted by molar-refractivity contribution is 0.174. The number of fused-ring (bicyclic) bond motifs is 6. The van der Waals surface area contributed by atoms with Crippen LogP contribution in [-0.2, 0) is 6.42 Å². The first-order chi connectivity index (χ1) is 14.6. The van der Waals surface area contributed by atoms with Crippen LogP contribution in [0.25, 0.3) is 32.4 Å². The molecule has 6 nitrogen and oxygen atoms in total. The number of pyridine rings is 1. The van der Waals surface area contributed by atoms with Gasteiger partial charge in [-0.3, -0.25) is 4.98 Å². The Morgan fingerprint density at radius 1 is 0.833 bits per heavy atom. The van der Waals surface area contributed by atoms with Gasteiger partial charge in [0, 0.05) is 29.6 Å². The minimum absolute atomic E-state index is 0.248. The third-order valence-corrected chi connectivity index (χ3v) is 5.71. The van der Waals surface area contributed by atoms with Crippen molar-refractivity contribution in [3.05, 3.63) is 42.1 Å². The zero-order chi connectivity index (χ0) is 20.8. The molecule has 0 saturated heterocycles. The number of likely N-dealkylation sites (N-methyl/N-ethyl adjacent to an activating group) is 1. The first kappa shape index (κ1) is 18.8. The Labute approximate surface area is 174 Å². The predicted molar refractivity (Wildman–Crippen MR) is 118 cm³/mol. The minimum Gasteiger partial charge on any atom is -0.493 e. The molecule has 1 aliphatic heterocycles. The van der Waals surface area contributed by atoms with Gasteiger partial charge in [-0.25, -0.2) is 0 Å². The maximum atomic E-state index is 5.63. The van der Waals surface area contributed by atoms with Crippen LogP contribution in [0.3, 0.4) is 0 Å². The van der Waals surface area contributed by atoms with E-state index in [1.807, 2.05) is 18.3 Å². The van der Waals surface area contributed by atoms with E-state index in [2.05, 4.69) is 37.2 Å². The number of rotatable bonds is 5. The van der Waals surface area contributed by atoms with Crippen molar-refractivity contribution >= 4 is 32.4 Å². The lowest BCUT2D eigenvalue weighted by Crippen LogP contribution is -2.15. The van der Waals surface area contributed by atoms with Crippen molar-refractivity contribution < 1.29 is 18.9 Å². The molecule has 2 heterocycles. The number of nitrogens with zero attached hydrogens (tertiary/aromatic N) is 2. The van der Waals surface area contributed by atoms with Gasteiger partial charge < -0.3 is 23.8 Å². The van der Waals surface area contributed by atoms with Gasteiger partial charge in [0.1, 0.15) is 0 Å². The Kier molecular flexibility index (Phi) is 4.51. The summed E-state index contributed by atoms with van der Waals surface area (Å²) in [5.41, 5.74) is 2.16. The fourth-order valence-corrected chi connectivity index (χ4v) is 4.14. The van der Waals surface area contributed by atoms with Gasteiger partial charge in [0.2, 0.25) is 6.79 Å². The fraction of sp³-hybridized carbons (Fsp3) is 0.292. The lowest BCUT2D eigenvalue weighted by atomic mass is 9.94. The van der Waals surface area contributed by atoms with Crippen molar-refractivity contribution in [2.24, 2.45) is 0 Å². The van der Waals surface area contributed by atoms with E-state index in [1.165, 1.54) is 5.56 Å². The highest BCUT2D eigenvalue weighted by Gasteiger charge is 2.18. The van der Waals surface area contributed by atoms with Crippen molar-refractivity contribution in [3.8, 4) is 23.0 Å². The van der Waals surface area contributed by atoms with Crippen LogP contribution < -0.4 is 18.9 Å². The zero-order valence-electron chi connectivity index (χ0n) is 17.6. The molecule has 0 bridgehead atoms. The van der Waals surface area contributed by atoms with Gasteiger partial charge in [0.05, 0.1) is 19.7 Å². The molecule has 1 aliphatic rings. The fourth-order valence-electron chi connectivity index (χ4n) is 4.14. The van der Waals surface area contributed by atoms with E-state index < -0.39 is 0 Å². The Morgan fingerprint density at radius 3 is 2.20 bits per heavy atom. The molecule has 0 amide bonds. The summed E-state index contributed by atoms with van der Waals surface area (Å²) >= 11 is 0. The molecule has 0 N–H and O–H groups in total. The molecule has 0 saturated carbocycles. The molecule has 0 aliphatic carbocycles. The molecule has 6 heteroatoms. The summed E-state index contributed by atoms with van der Waals surface area (Å²) in [6.07, 6.45) is 2.85. The average Bonchev–Trinajstić information content (AvgIpc) is 3.22. The van der Waals surface area contributed by atoms with Crippen molar-refractivity contribution in [3.63, 3.8) is 0 Å². The van der Waals surface area contributed by atoms with Crippen LogP contribution in [0.15, 0.2) is 36.5 Å². The number of hydrogen-bond donors (Lipinski definition) is 0. The van der Waals surface area contributed by atoms with Gasteiger partial charge in [-0.2, -0.15) is 0 Å². The molecule has 0 fully saturated rings. The summed E-state index contributed by atoms with van der Waals surface area (Å²) in [5, 5.41) is 5.53. The predicted octanol–water partition coefficient (Wildman–Crippen LogP) is 4.39. The van der Waals surface area contributed by atoms with Crippen molar-refractivity contribution in [1.82, 2.24) is 9.88 Å². The normalized spacial score (nSPS) is 13.0. The van der Waals surface area contributed by atoms with E-state index >= 15 is 0 Å². The third kappa shape index (κ3) is 2.95. The maximum Gasteiger partial charge on any atom is 0.231 e. The van der Waals surface area contributed by atoms with E-state index in [1.54, 1.807) is 14.2 Å². The number of methoxy groups -OCH3 is 2. The summed E-state index contributed by atoms with van der Waals surface area (Å²) in [6, 6.07) is 10.4. The van der Waals surface area contributed by atoms with Crippen LogP contribution in [0.5, 0.6) is 23.0 Å². The molecule has 5 rings (SSSR count). The summed E-state index contributed by atoms with van der Waals surface area (Å²) in [6.45, 7) is 1.20. The van der Waals surface area contributed by atoms with Crippen LogP contribution in [0, 0.1) is 0 Å². The summed E-state index contributed by atoms with van der Waals surface area (Å²) in [4.78, 5) is 6.92. The van der Waals surface area contributed by atoms with E-state index in [-0.39, 0.29) is 6.79 Å². The van der Waals surface area contributed by atoms with Crippen molar-refractivity contribution in [2.75, 3.05) is 41.7 Å². The summed E-state index contributed by atoms with van der Waals surface area (Å²) in [7, 11) is 7.51. The second kappa shape index (κ2) is 7.22. The minimum atomic E-state index is 0.248. The quantitative estimate of drug-likeness (QED) is 0.460. The maximum absolute atomic E-state index is 5.63. The number of hydrogen-bond acceptors (Lipinski definition) is 6. The standard InChI is InChI=1S/C24H24N2O4/c1-26(2)6-5-14-7-16-18-10-23-24(30-13-29-23)11-20(18)25-12-19(16)17-9-22(28-4)21(27-3)8-15(14)17/h7-12H,5-6,13H2,1-4H3. The molecular formula is C24H24N2O4. The smallest absolute Gasteiger partial charge is 0.231 e. The topological polar surface area (TPSA) is 53.1 Å². The molecule has 0 unspecified atom stereocenters. The van der Waals surface area contributed by atoms with Gasteiger partial charge in [0.25, 0.3) is 0 Å². The van der Waals surface area contributed by atoms with E-state index in [9.17, 15) is 0 Å². The molecule has 0 radical (unpaired) electrons. The van der Waals surface area contributed by atoms with Crippen LogP contribution in [0.2, 0.25) is 0 Å². The van der Waals surface area contributed by atoms with Crippen LogP contribution in [0.1, 0.15) is 5.56 Å². The molecule has 154 valence electrons. The number of ether oxygens (including phenoxy) is 4. The molecule has 30 heavy (non-hydrogen) atoms. The van der Waals surface area contributed by atoms with Crippen LogP contribution in [0.4, 0.5) is 0 Å². The summed E-state index contributed by atoms with van der Waals surface area (Å²) in [5.74, 6) is 2.95. The molecular weight excluding hydrogens is 380 g/mol. The largest absolute Gasteiger partial charge is 0.493 e. The molecule has 0 atom stereocenters. The molecule has 3 aromatic carbocycles. The Morgan fingerprint density at radius 2 is 1.50 bits per heavy atom. The highest BCUT2D eigenvalue weighted by atomic mass is 16.7. The second-order valence-electron chi connectivity index (χ2n) is 7.78. The highest BCUT2D eigenvalue weighted by molar-refractivity contribution is 6.18. The highest BCUT2D eigenvalue weighted by Crippen LogP contribution is 2.42. The van der Waals surface area contributed by atoms with Gasteiger partial charge in [-0.1, -0.05) is 0 Å². The first-order valence-corrected chi connectivity index (χ1v) is 9.93. The van der Waals surface area contributed by atoms with Crippen molar-refractivity contribution in [1.29, 1.82) is 0 Å². The summed E-state index contributed by atoms with van der Waals surface area (Å²) < 4.78 is 22.3. The van der Waals surface area contributed by atoms with Gasteiger partial charge in [-0.15, -0.1) is 0 Å². The van der Waals surface area contributed by atoms with E-state index in [0.717, 1.165) is 62.7 Å². The molecule has 1 aromatic heterocycles. The third-order valence-electron chi connectivity index (χ3n) is 5.71.